The quantitative estimate of drug-likeness (QED) is 0.419. The van der Waals surface area contributed by atoms with Gasteiger partial charge in [-0.1, -0.05) is 36.0 Å². The van der Waals surface area contributed by atoms with Crippen LogP contribution in [0.4, 0.5) is 0 Å². The van der Waals surface area contributed by atoms with E-state index in [-0.39, 0.29) is 17.3 Å². The van der Waals surface area contributed by atoms with Crippen molar-refractivity contribution in [2.45, 2.75) is 43.8 Å². The Bertz CT molecular complexity index is 1150. The fourth-order valence-corrected chi connectivity index (χ4v) is 4.82. The Kier molecular flexibility index (Phi) is 7.21. The summed E-state index contributed by atoms with van der Waals surface area (Å²) in [6.45, 7) is 0.806. The Morgan fingerprint density at radius 2 is 1.97 bits per heavy atom. The van der Waals surface area contributed by atoms with Crippen LogP contribution in [0.2, 0.25) is 0 Å². The molecule has 0 aliphatic heterocycles. The minimum Gasteiger partial charge on any atom is -0.496 e. The Morgan fingerprint density at radius 3 is 2.78 bits per heavy atom. The van der Waals surface area contributed by atoms with Crippen molar-refractivity contribution in [3.05, 3.63) is 81.7 Å². The fraction of sp³-hybridized carbons (Fsp3) is 0.333. The van der Waals surface area contributed by atoms with Crippen LogP contribution in [-0.4, -0.2) is 33.3 Å². The molecule has 0 atom stereocenters. The molecule has 0 spiro atoms. The van der Waals surface area contributed by atoms with E-state index in [4.69, 9.17) is 4.74 Å². The highest BCUT2D eigenvalue weighted by Gasteiger charge is 2.21. The Hall–Kier alpha value is -3.13. The average Bonchev–Trinajstić information content (AvgIpc) is 2.84. The van der Waals surface area contributed by atoms with Crippen LogP contribution in [0.5, 0.6) is 5.75 Å². The van der Waals surface area contributed by atoms with Gasteiger partial charge in [-0.15, -0.1) is 0 Å². The van der Waals surface area contributed by atoms with Gasteiger partial charge in [0.15, 0.2) is 0 Å². The Labute approximate surface area is 191 Å². The number of para-hydroxylation sites is 1. The molecule has 2 heterocycles. The van der Waals surface area contributed by atoms with Crippen LogP contribution < -0.4 is 15.7 Å². The van der Waals surface area contributed by atoms with Crippen LogP contribution in [0.25, 0.3) is 0 Å². The summed E-state index contributed by atoms with van der Waals surface area (Å²) in [6.07, 6.45) is 5.55. The zero-order chi connectivity index (χ0) is 22.3. The van der Waals surface area contributed by atoms with E-state index in [2.05, 4.69) is 15.3 Å². The molecular weight excluding hydrogens is 424 g/mol. The van der Waals surface area contributed by atoms with Gasteiger partial charge in [0.2, 0.25) is 5.91 Å². The molecule has 2 aromatic heterocycles. The second-order valence-corrected chi connectivity index (χ2v) is 8.58. The van der Waals surface area contributed by atoms with Crippen LogP contribution in [0, 0.1) is 0 Å². The lowest BCUT2D eigenvalue weighted by Gasteiger charge is -2.22. The molecule has 0 radical (unpaired) electrons. The van der Waals surface area contributed by atoms with Crippen molar-refractivity contribution < 1.29 is 9.53 Å². The molecule has 1 amide bonds. The SMILES string of the molecule is COc1ccccc1CNC(=O)CSc1nc(=O)n(Cc2ccccn2)c2c1CCCC2. The lowest BCUT2D eigenvalue weighted by Crippen LogP contribution is -2.31. The minimum atomic E-state index is -0.284. The number of methoxy groups -OCH3 is 1. The van der Waals surface area contributed by atoms with Gasteiger partial charge in [0, 0.05) is 29.6 Å². The van der Waals surface area contributed by atoms with Crippen LogP contribution in [0.3, 0.4) is 0 Å². The molecule has 166 valence electrons. The van der Waals surface area contributed by atoms with Crippen molar-refractivity contribution in [2.75, 3.05) is 12.9 Å². The van der Waals surface area contributed by atoms with Crippen molar-refractivity contribution in [3.63, 3.8) is 0 Å². The third kappa shape index (κ3) is 5.19. The Morgan fingerprint density at radius 1 is 1.16 bits per heavy atom. The van der Waals surface area contributed by atoms with E-state index in [1.165, 1.54) is 11.8 Å². The maximum atomic E-state index is 12.8. The van der Waals surface area contributed by atoms with Gasteiger partial charge in [-0.3, -0.25) is 14.3 Å². The highest BCUT2D eigenvalue weighted by Crippen LogP contribution is 2.28. The molecule has 8 heteroatoms. The van der Waals surface area contributed by atoms with Crippen molar-refractivity contribution >= 4 is 17.7 Å². The number of aromatic nitrogens is 3. The first-order valence-electron chi connectivity index (χ1n) is 10.7. The summed E-state index contributed by atoms with van der Waals surface area (Å²) in [5.41, 5.74) is 3.59. The molecule has 1 aliphatic carbocycles. The van der Waals surface area contributed by atoms with Crippen LogP contribution in [0.1, 0.15) is 35.4 Å². The normalized spacial score (nSPS) is 12.8. The summed E-state index contributed by atoms with van der Waals surface area (Å²) in [5, 5.41) is 3.60. The van der Waals surface area contributed by atoms with E-state index >= 15 is 0 Å². The van der Waals surface area contributed by atoms with Crippen molar-refractivity contribution in [1.29, 1.82) is 0 Å². The van der Waals surface area contributed by atoms with Gasteiger partial charge in [-0.05, 0) is 43.9 Å². The van der Waals surface area contributed by atoms with Gasteiger partial charge in [0.25, 0.3) is 0 Å². The number of nitrogens with one attached hydrogen (secondary N) is 1. The number of pyridine rings is 1. The Balaban J connectivity index is 1.46. The van der Waals surface area contributed by atoms with E-state index in [0.717, 1.165) is 53.9 Å². The van der Waals surface area contributed by atoms with Gasteiger partial charge in [0.1, 0.15) is 10.8 Å². The number of hydrogen-bond acceptors (Lipinski definition) is 6. The summed E-state index contributed by atoms with van der Waals surface area (Å²) in [4.78, 5) is 34.0. The van der Waals surface area contributed by atoms with Crippen LogP contribution in [0.15, 0.2) is 58.5 Å². The summed E-state index contributed by atoms with van der Waals surface area (Å²) in [7, 11) is 1.61. The van der Waals surface area contributed by atoms with Crippen LogP contribution >= 0.6 is 11.8 Å². The number of rotatable bonds is 8. The average molecular weight is 451 g/mol. The standard InChI is InChI=1S/C24H26N4O3S/c1-31-21-12-5-2-8-17(21)14-26-22(29)16-32-23-19-10-3-4-11-20(19)28(24(30)27-23)15-18-9-6-7-13-25-18/h2,5-9,12-13H,3-4,10-11,14-16H2,1H3,(H,26,29). The minimum absolute atomic E-state index is 0.107. The summed E-state index contributed by atoms with van der Waals surface area (Å²) < 4.78 is 7.07. The van der Waals surface area contributed by atoms with E-state index in [0.29, 0.717) is 18.1 Å². The lowest BCUT2D eigenvalue weighted by atomic mass is 9.97. The monoisotopic (exact) mass is 450 g/mol. The maximum absolute atomic E-state index is 12.8. The van der Waals surface area contributed by atoms with Crippen molar-refractivity contribution in [3.8, 4) is 5.75 Å². The predicted molar refractivity (Wildman–Crippen MR) is 124 cm³/mol. The molecule has 0 saturated carbocycles. The molecule has 0 saturated heterocycles. The molecule has 3 aromatic rings. The second-order valence-electron chi connectivity index (χ2n) is 7.62. The molecule has 7 nitrogen and oxygen atoms in total. The number of fused-ring (bicyclic) bond motifs is 1. The highest BCUT2D eigenvalue weighted by atomic mass is 32.2. The molecule has 1 aromatic carbocycles. The molecule has 0 bridgehead atoms. The first kappa shape index (κ1) is 22.1. The first-order chi connectivity index (χ1) is 15.7. The number of thioether (sulfide) groups is 1. The second kappa shape index (κ2) is 10.5. The largest absolute Gasteiger partial charge is 0.496 e. The fourth-order valence-electron chi connectivity index (χ4n) is 3.91. The number of hydrogen-bond donors (Lipinski definition) is 1. The zero-order valence-corrected chi connectivity index (χ0v) is 18.9. The van der Waals surface area contributed by atoms with Gasteiger partial charge < -0.3 is 10.1 Å². The summed E-state index contributed by atoms with van der Waals surface area (Å²) in [6, 6.07) is 13.3. The number of nitrogens with zero attached hydrogens (tertiary/aromatic N) is 3. The van der Waals surface area contributed by atoms with Gasteiger partial charge in [-0.2, -0.15) is 4.98 Å². The molecule has 32 heavy (non-hydrogen) atoms. The molecule has 1 aliphatic rings. The molecule has 0 fully saturated rings. The maximum Gasteiger partial charge on any atom is 0.349 e. The van der Waals surface area contributed by atoms with E-state index in [9.17, 15) is 9.59 Å². The number of benzene rings is 1. The zero-order valence-electron chi connectivity index (χ0n) is 18.0. The number of carbonyl (C=O) groups excluding carboxylic acids is 1. The van der Waals surface area contributed by atoms with E-state index < -0.39 is 0 Å². The topological polar surface area (TPSA) is 86.1 Å². The van der Waals surface area contributed by atoms with Crippen molar-refractivity contribution in [2.24, 2.45) is 0 Å². The molecule has 4 rings (SSSR count). The number of amides is 1. The number of carbonyl (C=O) groups is 1. The molecule has 0 unspecified atom stereocenters. The highest BCUT2D eigenvalue weighted by molar-refractivity contribution is 7.99. The van der Waals surface area contributed by atoms with Gasteiger partial charge >= 0.3 is 5.69 Å². The molecule has 1 N–H and O–H groups in total. The van der Waals surface area contributed by atoms with Gasteiger partial charge in [0.05, 0.1) is 25.1 Å². The summed E-state index contributed by atoms with van der Waals surface area (Å²) >= 11 is 1.33. The van der Waals surface area contributed by atoms with Crippen molar-refractivity contribution in [1.82, 2.24) is 19.9 Å². The lowest BCUT2D eigenvalue weighted by molar-refractivity contribution is -0.118. The van der Waals surface area contributed by atoms with E-state index in [1.807, 2.05) is 42.5 Å². The summed E-state index contributed by atoms with van der Waals surface area (Å²) in [5.74, 6) is 0.843. The predicted octanol–water partition coefficient (Wildman–Crippen LogP) is 2.98. The third-order valence-electron chi connectivity index (χ3n) is 5.51. The third-order valence-corrected chi connectivity index (χ3v) is 6.52. The van der Waals surface area contributed by atoms with Gasteiger partial charge in [-0.25, -0.2) is 4.79 Å². The smallest absolute Gasteiger partial charge is 0.349 e. The van der Waals surface area contributed by atoms with E-state index in [1.54, 1.807) is 17.9 Å². The van der Waals surface area contributed by atoms with Crippen LogP contribution in [-0.2, 0) is 30.7 Å². The molecular formula is C24H26N4O3S. The first-order valence-corrected chi connectivity index (χ1v) is 11.7. The number of ether oxygens (including phenoxy) is 1.